The van der Waals surface area contributed by atoms with Crippen LogP contribution in [-0.2, 0) is 11.0 Å². The summed E-state index contributed by atoms with van der Waals surface area (Å²) in [6.45, 7) is 0.542. The molecule has 0 spiro atoms. The first-order chi connectivity index (χ1) is 16.2. The van der Waals surface area contributed by atoms with Crippen molar-refractivity contribution in [2.45, 2.75) is 19.0 Å². The lowest BCUT2D eigenvalue weighted by Gasteiger charge is -2.30. The van der Waals surface area contributed by atoms with Gasteiger partial charge < -0.3 is 14.2 Å². The third-order valence-corrected chi connectivity index (χ3v) is 5.63. The molecule has 1 aliphatic rings. The molecule has 0 aliphatic carbocycles. The van der Waals surface area contributed by atoms with Crippen LogP contribution in [0.5, 0.6) is 5.88 Å². The Morgan fingerprint density at radius 1 is 1.26 bits per heavy atom. The van der Waals surface area contributed by atoms with Gasteiger partial charge in [-0.25, -0.2) is 4.98 Å². The number of ether oxygens (including phenoxy) is 1. The van der Waals surface area contributed by atoms with E-state index in [2.05, 4.69) is 30.2 Å². The van der Waals surface area contributed by atoms with Crippen molar-refractivity contribution in [3.63, 3.8) is 0 Å². The van der Waals surface area contributed by atoms with E-state index in [1.165, 1.54) is 13.3 Å². The summed E-state index contributed by atoms with van der Waals surface area (Å²) in [5, 5.41) is 12.4. The lowest BCUT2D eigenvalue weighted by atomic mass is 9.95. The highest BCUT2D eigenvalue weighted by Crippen LogP contribution is 2.31. The van der Waals surface area contributed by atoms with Gasteiger partial charge in [0.05, 0.1) is 24.0 Å². The Bertz CT molecular complexity index is 1200. The number of piperidine rings is 1. The number of carbonyl (C=O) groups excluding carboxylic acids is 2. The summed E-state index contributed by atoms with van der Waals surface area (Å²) in [6.07, 6.45) is -2.60. The molecule has 14 heteroatoms. The summed E-state index contributed by atoms with van der Waals surface area (Å²) >= 11 is 6.19. The van der Waals surface area contributed by atoms with Crippen LogP contribution in [0.1, 0.15) is 29.0 Å². The van der Waals surface area contributed by atoms with Crippen molar-refractivity contribution in [3.05, 3.63) is 40.8 Å². The molecule has 3 aromatic rings. The van der Waals surface area contributed by atoms with E-state index in [0.717, 1.165) is 0 Å². The molecule has 0 aromatic carbocycles. The topological polar surface area (TPSA) is 126 Å². The second-order valence-corrected chi connectivity index (χ2v) is 7.91. The number of amides is 2. The molecule has 1 saturated heterocycles. The van der Waals surface area contributed by atoms with Gasteiger partial charge in [-0.05, 0) is 18.9 Å². The van der Waals surface area contributed by atoms with Crippen LogP contribution in [0.15, 0.2) is 28.9 Å². The maximum Gasteiger partial charge on any atom is 0.436 e. The van der Waals surface area contributed by atoms with Gasteiger partial charge in [0.2, 0.25) is 17.7 Å². The van der Waals surface area contributed by atoms with E-state index in [1.807, 2.05) is 0 Å². The van der Waals surface area contributed by atoms with Gasteiger partial charge in [0.1, 0.15) is 0 Å². The number of aromatic amines is 1. The summed E-state index contributed by atoms with van der Waals surface area (Å²) < 4.78 is 47.5. The Kier molecular flexibility index (Phi) is 6.46. The minimum Gasteiger partial charge on any atom is -0.481 e. The minimum absolute atomic E-state index is 0.172. The van der Waals surface area contributed by atoms with Crippen LogP contribution < -0.4 is 10.1 Å². The molecule has 0 unspecified atom stereocenters. The van der Waals surface area contributed by atoms with E-state index < -0.39 is 23.7 Å². The normalized spacial score (nSPS) is 14.8. The largest absolute Gasteiger partial charge is 0.481 e. The predicted molar refractivity (Wildman–Crippen MR) is 112 cm³/mol. The van der Waals surface area contributed by atoms with Crippen LogP contribution in [0.2, 0.25) is 5.02 Å². The number of aromatic nitrogens is 4. The zero-order valence-corrected chi connectivity index (χ0v) is 18.4. The highest BCUT2D eigenvalue weighted by molar-refractivity contribution is 6.33. The van der Waals surface area contributed by atoms with Gasteiger partial charge >= 0.3 is 6.18 Å². The average Bonchev–Trinajstić information content (AvgIpc) is 3.49. The first kappa shape index (κ1) is 23.5. The van der Waals surface area contributed by atoms with Crippen molar-refractivity contribution in [1.82, 2.24) is 25.2 Å². The molecular formula is C20H18ClF3N6O4. The molecule has 2 N–H and O–H groups in total. The number of carbonyl (C=O) groups is 2. The van der Waals surface area contributed by atoms with Gasteiger partial charge in [-0.3, -0.25) is 20.0 Å². The highest BCUT2D eigenvalue weighted by atomic mass is 35.5. The number of hydrogen-bond donors (Lipinski definition) is 2. The molecule has 0 atom stereocenters. The molecule has 4 heterocycles. The maximum absolute atomic E-state index is 12.9. The van der Waals surface area contributed by atoms with Crippen molar-refractivity contribution >= 4 is 29.3 Å². The number of nitrogens with zero attached hydrogens (tertiary/aromatic N) is 4. The third kappa shape index (κ3) is 4.98. The van der Waals surface area contributed by atoms with Crippen molar-refractivity contribution in [2.75, 3.05) is 25.5 Å². The molecule has 10 nitrogen and oxygen atoms in total. The number of nitrogens with one attached hydrogen (secondary N) is 2. The van der Waals surface area contributed by atoms with Gasteiger partial charge in [0.15, 0.2) is 11.4 Å². The Morgan fingerprint density at radius 2 is 2.00 bits per heavy atom. The van der Waals surface area contributed by atoms with E-state index >= 15 is 0 Å². The molecule has 3 aromatic heterocycles. The molecule has 1 fully saturated rings. The van der Waals surface area contributed by atoms with E-state index in [-0.39, 0.29) is 30.6 Å². The number of rotatable bonds is 5. The van der Waals surface area contributed by atoms with Crippen molar-refractivity contribution in [2.24, 2.45) is 5.92 Å². The number of anilines is 1. The number of pyridine rings is 1. The monoisotopic (exact) mass is 498 g/mol. The van der Waals surface area contributed by atoms with E-state index in [9.17, 15) is 22.8 Å². The second kappa shape index (κ2) is 9.33. The number of halogens is 4. The van der Waals surface area contributed by atoms with Crippen LogP contribution in [0.3, 0.4) is 0 Å². The quantitative estimate of drug-likeness (QED) is 0.550. The lowest BCUT2D eigenvalue weighted by molar-refractivity contribution is -0.142. The van der Waals surface area contributed by atoms with Crippen LogP contribution >= 0.6 is 11.6 Å². The standard InChI is InChI=1S/C20H18ClF3N6O4/c1-33-16-6-11(12(21)9-25-16)13-7-14(28-27-13)19(32)30-4-2-10(3-5-30)18(31)26-17-8-15(29-34-17)20(22,23)24/h6-10H,2-5H2,1H3,(H,26,31)(H,27,28). The maximum atomic E-state index is 12.9. The summed E-state index contributed by atoms with van der Waals surface area (Å²) in [7, 11) is 1.47. The molecule has 34 heavy (non-hydrogen) atoms. The summed E-state index contributed by atoms with van der Waals surface area (Å²) in [4.78, 5) is 30.8. The molecule has 0 radical (unpaired) electrons. The zero-order valence-electron chi connectivity index (χ0n) is 17.6. The van der Waals surface area contributed by atoms with Gasteiger partial charge in [-0.2, -0.15) is 18.3 Å². The number of methoxy groups -OCH3 is 1. The highest BCUT2D eigenvalue weighted by Gasteiger charge is 2.36. The van der Waals surface area contributed by atoms with Crippen molar-refractivity contribution < 1.29 is 32.0 Å². The fourth-order valence-electron chi connectivity index (χ4n) is 3.50. The van der Waals surface area contributed by atoms with E-state index in [0.29, 0.717) is 41.1 Å². The summed E-state index contributed by atoms with van der Waals surface area (Å²) in [5.74, 6) is -1.36. The Hall–Kier alpha value is -3.61. The van der Waals surface area contributed by atoms with Crippen molar-refractivity contribution in [3.8, 4) is 17.1 Å². The predicted octanol–water partition coefficient (Wildman–Crippen LogP) is 3.63. The number of alkyl halides is 3. The molecule has 0 bridgehead atoms. The first-order valence-corrected chi connectivity index (χ1v) is 10.4. The fraction of sp³-hybridized carbons (Fsp3) is 0.350. The molecular weight excluding hydrogens is 481 g/mol. The van der Waals surface area contributed by atoms with E-state index in [4.69, 9.17) is 16.3 Å². The summed E-state index contributed by atoms with van der Waals surface area (Å²) in [6, 6.07) is 3.79. The fourth-order valence-corrected chi connectivity index (χ4v) is 3.71. The lowest BCUT2D eigenvalue weighted by Crippen LogP contribution is -2.41. The van der Waals surface area contributed by atoms with Gasteiger partial charge in [-0.15, -0.1) is 0 Å². The Morgan fingerprint density at radius 3 is 2.65 bits per heavy atom. The van der Waals surface area contributed by atoms with Gasteiger partial charge in [-0.1, -0.05) is 16.8 Å². The molecule has 0 saturated carbocycles. The Labute approximate surface area is 195 Å². The van der Waals surface area contributed by atoms with Crippen LogP contribution in [0, 0.1) is 5.92 Å². The number of hydrogen-bond acceptors (Lipinski definition) is 7. The molecule has 1 aliphatic heterocycles. The number of likely N-dealkylation sites (tertiary alicyclic amines) is 1. The van der Waals surface area contributed by atoms with Crippen LogP contribution in [0.25, 0.3) is 11.3 Å². The Balaban J connectivity index is 1.35. The SMILES string of the molecule is COc1cc(-c2cc(C(=O)N3CCC(C(=O)Nc4cc(C(F)(F)F)no4)CC3)n[nH]2)c(Cl)cn1. The smallest absolute Gasteiger partial charge is 0.436 e. The second-order valence-electron chi connectivity index (χ2n) is 7.50. The van der Waals surface area contributed by atoms with Crippen LogP contribution in [-0.4, -0.2) is 57.3 Å². The molecule has 4 rings (SSSR count). The third-order valence-electron chi connectivity index (χ3n) is 5.33. The van der Waals surface area contributed by atoms with Gasteiger partial charge in [0, 0.05) is 36.7 Å². The van der Waals surface area contributed by atoms with Gasteiger partial charge in [0.25, 0.3) is 5.91 Å². The average molecular weight is 499 g/mol. The van der Waals surface area contributed by atoms with Crippen molar-refractivity contribution in [1.29, 1.82) is 0 Å². The zero-order chi connectivity index (χ0) is 24.5. The van der Waals surface area contributed by atoms with Crippen LogP contribution in [0.4, 0.5) is 19.1 Å². The summed E-state index contributed by atoms with van der Waals surface area (Å²) in [5.41, 5.74) is 0.0179. The molecule has 180 valence electrons. The minimum atomic E-state index is -4.67. The molecule has 2 amide bonds. The van der Waals surface area contributed by atoms with E-state index in [1.54, 1.807) is 17.0 Å². The first-order valence-electron chi connectivity index (χ1n) is 10.0. The number of H-pyrrole nitrogens is 1.